The zero-order valence-corrected chi connectivity index (χ0v) is 10.9. The van der Waals surface area contributed by atoms with E-state index in [1.54, 1.807) is 0 Å². The van der Waals surface area contributed by atoms with Gasteiger partial charge in [0.15, 0.2) is 0 Å². The van der Waals surface area contributed by atoms with Crippen molar-refractivity contribution in [2.75, 3.05) is 0 Å². The van der Waals surface area contributed by atoms with E-state index in [0.717, 1.165) is 18.2 Å². The van der Waals surface area contributed by atoms with Crippen LogP contribution in [-0.4, -0.2) is 11.1 Å². The zero-order valence-electron chi connectivity index (χ0n) is 9.36. The second-order valence-corrected chi connectivity index (χ2v) is 4.48. The smallest absolute Gasteiger partial charge is 0.339 e. The van der Waals surface area contributed by atoms with Crippen molar-refractivity contribution < 1.29 is 23.4 Å². The van der Waals surface area contributed by atoms with Gasteiger partial charge in [0.2, 0.25) is 0 Å². The Labute approximate surface area is 115 Å². The number of carboxylic acid groups (broad SMARTS) is 1. The van der Waals surface area contributed by atoms with Crippen LogP contribution in [0, 0.1) is 11.6 Å². The van der Waals surface area contributed by atoms with Gasteiger partial charge in [0.1, 0.15) is 28.7 Å². The molecule has 3 nitrogen and oxygen atoms in total. The van der Waals surface area contributed by atoms with Crippen LogP contribution < -0.4 is 4.74 Å². The van der Waals surface area contributed by atoms with E-state index >= 15 is 0 Å². The van der Waals surface area contributed by atoms with Crippen LogP contribution in [0.4, 0.5) is 8.78 Å². The highest BCUT2D eigenvalue weighted by atomic mass is 79.9. The van der Waals surface area contributed by atoms with E-state index in [0.29, 0.717) is 4.47 Å². The molecule has 0 spiro atoms. The molecule has 0 heterocycles. The number of ether oxygens (including phenoxy) is 1. The van der Waals surface area contributed by atoms with Crippen molar-refractivity contribution in [3.63, 3.8) is 0 Å². The van der Waals surface area contributed by atoms with Gasteiger partial charge in [0.05, 0.1) is 4.47 Å². The summed E-state index contributed by atoms with van der Waals surface area (Å²) in [5.74, 6) is -2.52. The molecule has 0 aromatic heterocycles. The van der Waals surface area contributed by atoms with E-state index in [-0.39, 0.29) is 17.1 Å². The van der Waals surface area contributed by atoms with Crippen LogP contribution in [0.3, 0.4) is 0 Å². The van der Waals surface area contributed by atoms with Gasteiger partial charge in [-0.3, -0.25) is 0 Å². The van der Waals surface area contributed by atoms with Gasteiger partial charge >= 0.3 is 5.97 Å². The number of hydrogen-bond donors (Lipinski definition) is 1. The summed E-state index contributed by atoms with van der Waals surface area (Å²) in [6.07, 6.45) is 0. The molecular weight excluding hydrogens is 322 g/mol. The lowest BCUT2D eigenvalue weighted by Gasteiger charge is -2.10. The average molecular weight is 329 g/mol. The quantitative estimate of drug-likeness (QED) is 0.917. The van der Waals surface area contributed by atoms with Gasteiger partial charge in [-0.2, -0.15) is 0 Å². The van der Waals surface area contributed by atoms with Gasteiger partial charge < -0.3 is 9.84 Å². The second kappa shape index (κ2) is 5.36. The Kier molecular flexibility index (Phi) is 3.80. The van der Waals surface area contributed by atoms with Crippen LogP contribution in [0.5, 0.6) is 11.5 Å². The Balaban J connectivity index is 2.43. The third kappa shape index (κ3) is 3.08. The van der Waals surface area contributed by atoms with Crippen LogP contribution >= 0.6 is 15.9 Å². The van der Waals surface area contributed by atoms with E-state index in [4.69, 9.17) is 9.84 Å². The van der Waals surface area contributed by atoms with Gasteiger partial charge in [-0.05, 0) is 46.3 Å². The van der Waals surface area contributed by atoms with E-state index < -0.39 is 17.6 Å². The first kappa shape index (κ1) is 13.5. The molecule has 0 radical (unpaired) electrons. The Hall–Kier alpha value is -1.95. The fraction of sp³-hybridized carbons (Fsp3) is 0. The topological polar surface area (TPSA) is 46.5 Å². The SMILES string of the molecule is O=C(O)c1cc(F)ccc1Oc1cc(F)ccc1Br. The lowest BCUT2D eigenvalue weighted by molar-refractivity contribution is 0.0693. The molecule has 0 saturated carbocycles. The molecule has 0 unspecified atom stereocenters. The molecule has 0 aliphatic heterocycles. The molecule has 2 rings (SSSR count). The van der Waals surface area contributed by atoms with Crippen LogP contribution in [0.2, 0.25) is 0 Å². The highest BCUT2D eigenvalue weighted by Crippen LogP contribution is 2.32. The largest absolute Gasteiger partial charge is 0.478 e. The van der Waals surface area contributed by atoms with Crippen LogP contribution in [0.25, 0.3) is 0 Å². The lowest BCUT2D eigenvalue weighted by atomic mass is 10.2. The minimum Gasteiger partial charge on any atom is -0.478 e. The van der Waals surface area contributed by atoms with Crippen molar-refractivity contribution in [1.29, 1.82) is 0 Å². The zero-order chi connectivity index (χ0) is 14.0. The van der Waals surface area contributed by atoms with Crippen molar-refractivity contribution in [2.24, 2.45) is 0 Å². The maximum Gasteiger partial charge on any atom is 0.339 e. The van der Waals surface area contributed by atoms with Gasteiger partial charge in [-0.1, -0.05) is 0 Å². The number of carboxylic acids is 1. The molecule has 0 saturated heterocycles. The number of rotatable bonds is 3. The van der Waals surface area contributed by atoms with E-state index in [1.807, 2.05) is 0 Å². The summed E-state index contributed by atoms with van der Waals surface area (Å²) in [5.41, 5.74) is -0.337. The molecule has 0 atom stereocenters. The van der Waals surface area contributed by atoms with Crippen LogP contribution in [-0.2, 0) is 0 Å². The monoisotopic (exact) mass is 328 g/mol. The van der Waals surface area contributed by atoms with Gasteiger partial charge in [-0.25, -0.2) is 13.6 Å². The Bertz CT molecular complexity index is 644. The van der Waals surface area contributed by atoms with E-state index in [9.17, 15) is 13.6 Å². The second-order valence-electron chi connectivity index (χ2n) is 3.62. The predicted molar refractivity (Wildman–Crippen MR) is 67.5 cm³/mol. The summed E-state index contributed by atoms with van der Waals surface area (Å²) in [6, 6.07) is 6.82. The fourth-order valence-corrected chi connectivity index (χ4v) is 1.76. The predicted octanol–water partition coefficient (Wildman–Crippen LogP) is 4.22. The third-order valence-corrected chi connectivity index (χ3v) is 2.94. The fourth-order valence-electron chi connectivity index (χ4n) is 1.43. The van der Waals surface area contributed by atoms with Crippen molar-refractivity contribution in [2.45, 2.75) is 0 Å². The molecule has 0 aliphatic carbocycles. The van der Waals surface area contributed by atoms with Crippen molar-refractivity contribution in [3.8, 4) is 11.5 Å². The van der Waals surface area contributed by atoms with Gasteiger partial charge in [0.25, 0.3) is 0 Å². The standard InChI is InChI=1S/C13H7BrF2O3/c14-10-3-1-8(16)6-12(10)19-11-4-2-7(15)5-9(11)13(17)18/h1-6H,(H,17,18). The molecule has 2 aromatic carbocycles. The normalized spacial score (nSPS) is 10.3. The first-order chi connectivity index (χ1) is 8.97. The van der Waals surface area contributed by atoms with Crippen molar-refractivity contribution >= 4 is 21.9 Å². The number of halogens is 3. The number of carbonyl (C=O) groups is 1. The number of benzene rings is 2. The Morgan fingerprint density at radius 3 is 2.37 bits per heavy atom. The van der Waals surface area contributed by atoms with E-state index in [1.165, 1.54) is 18.2 Å². The molecule has 98 valence electrons. The summed E-state index contributed by atoms with van der Waals surface area (Å²) in [6.45, 7) is 0. The van der Waals surface area contributed by atoms with Crippen molar-refractivity contribution in [3.05, 3.63) is 58.1 Å². The average Bonchev–Trinajstić information content (AvgIpc) is 2.35. The summed E-state index contributed by atoms with van der Waals surface area (Å²) in [5, 5.41) is 8.96. The minimum atomic E-state index is -1.33. The third-order valence-electron chi connectivity index (χ3n) is 2.29. The first-order valence-corrected chi connectivity index (χ1v) is 5.92. The maximum absolute atomic E-state index is 13.1. The molecule has 0 aliphatic rings. The summed E-state index contributed by atoms with van der Waals surface area (Å²) in [7, 11) is 0. The van der Waals surface area contributed by atoms with Gasteiger partial charge in [0, 0.05) is 6.07 Å². The van der Waals surface area contributed by atoms with Crippen molar-refractivity contribution in [1.82, 2.24) is 0 Å². The Morgan fingerprint density at radius 1 is 1.05 bits per heavy atom. The maximum atomic E-state index is 13.1. The molecule has 19 heavy (non-hydrogen) atoms. The molecular formula is C13H7BrF2O3. The molecule has 2 aromatic rings. The molecule has 6 heteroatoms. The summed E-state index contributed by atoms with van der Waals surface area (Å²) >= 11 is 3.15. The van der Waals surface area contributed by atoms with Gasteiger partial charge in [-0.15, -0.1) is 0 Å². The Morgan fingerprint density at radius 2 is 1.68 bits per heavy atom. The highest BCUT2D eigenvalue weighted by molar-refractivity contribution is 9.10. The highest BCUT2D eigenvalue weighted by Gasteiger charge is 2.14. The molecule has 0 fully saturated rings. The summed E-state index contributed by atoms with van der Waals surface area (Å²) in [4.78, 5) is 11.0. The molecule has 1 N–H and O–H groups in total. The van der Waals surface area contributed by atoms with Crippen LogP contribution in [0.15, 0.2) is 40.9 Å². The molecule has 0 bridgehead atoms. The molecule has 0 amide bonds. The first-order valence-electron chi connectivity index (χ1n) is 5.13. The lowest BCUT2D eigenvalue weighted by Crippen LogP contribution is -2.01. The van der Waals surface area contributed by atoms with Crippen LogP contribution in [0.1, 0.15) is 10.4 Å². The minimum absolute atomic E-state index is 0.0693. The number of hydrogen-bond acceptors (Lipinski definition) is 2. The van der Waals surface area contributed by atoms with E-state index in [2.05, 4.69) is 15.9 Å². The number of aromatic carboxylic acids is 1. The summed E-state index contributed by atoms with van der Waals surface area (Å²) < 4.78 is 31.9.